The van der Waals surface area contributed by atoms with E-state index in [-0.39, 0.29) is 11.4 Å². The van der Waals surface area contributed by atoms with Gasteiger partial charge in [-0.25, -0.2) is 13.2 Å². The number of aromatic carboxylic acids is 1. The van der Waals surface area contributed by atoms with Gasteiger partial charge in [0.25, 0.3) is 0 Å². The second-order valence-electron chi connectivity index (χ2n) is 4.76. The number of sulfonamides is 1. The fourth-order valence-electron chi connectivity index (χ4n) is 1.14. The van der Waals surface area contributed by atoms with Gasteiger partial charge in [0.2, 0.25) is 10.0 Å². The van der Waals surface area contributed by atoms with Crippen LogP contribution in [0.1, 0.15) is 37.0 Å². The van der Waals surface area contributed by atoms with Gasteiger partial charge < -0.3 is 10.1 Å². The van der Waals surface area contributed by atoms with Crippen LogP contribution in [0, 0.1) is 6.92 Å². The summed E-state index contributed by atoms with van der Waals surface area (Å²) in [5.41, 5.74) is 0.481. The number of nitrogens with one attached hydrogen (secondary N) is 2. The molecule has 6 nitrogen and oxygen atoms in total. The molecule has 0 fully saturated rings. The van der Waals surface area contributed by atoms with Gasteiger partial charge in [0.1, 0.15) is 5.69 Å². The summed E-state index contributed by atoms with van der Waals surface area (Å²) >= 11 is 0. The number of anilines is 1. The zero-order valence-corrected chi connectivity index (χ0v) is 11.0. The smallest absolute Gasteiger partial charge is 0.354 e. The molecule has 0 aliphatic heterocycles. The van der Waals surface area contributed by atoms with Gasteiger partial charge in [0.15, 0.2) is 0 Å². The van der Waals surface area contributed by atoms with E-state index < -0.39 is 20.7 Å². The first-order chi connectivity index (χ1) is 7.54. The van der Waals surface area contributed by atoms with E-state index in [1.54, 1.807) is 6.92 Å². The first-order valence-corrected chi connectivity index (χ1v) is 6.48. The van der Waals surface area contributed by atoms with E-state index in [2.05, 4.69) is 9.71 Å². The molecule has 0 atom stereocenters. The molecule has 1 heterocycles. The first-order valence-electron chi connectivity index (χ1n) is 5.00. The minimum Gasteiger partial charge on any atom is -0.477 e. The summed E-state index contributed by atoms with van der Waals surface area (Å²) in [5, 5.41) is 8.91. The number of H-pyrrole nitrogens is 1. The van der Waals surface area contributed by atoms with Gasteiger partial charge in [0.05, 0.1) is 10.4 Å². The molecule has 1 rings (SSSR count). The molecular weight excluding hydrogens is 244 g/mol. The molecule has 0 aliphatic rings. The molecule has 7 heteroatoms. The lowest BCUT2D eigenvalue weighted by molar-refractivity contribution is 0.0692. The normalized spacial score (nSPS) is 12.5. The lowest BCUT2D eigenvalue weighted by Gasteiger charge is -2.20. The molecule has 3 N–H and O–H groups in total. The summed E-state index contributed by atoms with van der Waals surface area (Å²) in [6, 6.07) is 1.45. The van der Waals surface area contributed by atoms with Gasteiger partial charge in [0, 0.05) is 5.69 Å². The fourth-order valence-corrected chi connectivity index (χ4v) is 1.89. The van der Waals surface area contributed by atoms with Gasteiger partial charge in [-0.1, -0.05) is 0 Å². The van der Waals surface area contributed by atoms with Crippen molar-refractivity contribution in [1.82, 2.24) is 4.98 Å². The monoisotopic (exact) mass is 260 g/mol. The average molecular weight is 260 g/mol. The molecule has 0 aliphatic carbocycles. The molecular formula is C10H16N2O4S. The molecule has 0 saturated carbocycles. The molecule has 0 radical (unpaired) electrons. The topological polar surface area (TPSA) is 99.3 Å². The van der Waals surface area contributed by atoms with Crippen molar-refractivity contribution in [2.24, 2.45) is 0 Å². The minimum absolute atomic E-state index is 0.0601. The first kappa shape index (κ1) is 13.6. The summed E-state index contributed by atoms with van der Waals surface area (Å²) in [6.07, 6.45) is 0. The molecule has 96 valence electrons. The molecule has 0 unspecified atom stereocenters. The van der Waals surface area contributed by atoms with E-state index >= 15 is 0 Å². The number of aromatic amines is 1. The van der Waals surface area contributed by atoms with Gasteiger partial charge in [-0.15, -0.1) is 0 Å². The van der Waals surface area contributed by atoms with Crippen LogP contribution in [0.25, 0.3) is 0 Å². The van der Waals surface area contributed by atoms with Crippen molar-refractivity contribution < 1.29 is 18.3 Å². The largest absolute Gasteiger partial charge is 0.477 e. The second-order valence-corrected chi connectivity index (χ2v) is 7.20. The number of aryl methyl sites for hydroxylation is 1. The molecule has 1 aromatic rings. The van der Waals surface area contributed by atoms with Crippen molar-refractivity contribution in [2.75, 3.05) is 4.72 Å². The van der Waals surface area contributed by atoms with Crippen LogP contribution in [-0.2, 0) is 10.0 Å². The third-order valence-electron chi connectivity index (χ3n) is 2.22. The molecule has 0 saturated heterocycles. The van der Waals surface area contributed by atoms with E-state index in [9.17, 15) is 13.2 Å². The summed E-state index contributed by atoms with van der Waals surface area (Å²) < 4.78 is 25.1. The third kappa shape index (κ3) is 2.79. The summed E-state index contributed by atoms with van der Waals surface area (Å²) in [7, 11) is -3.63. The summed E-state index contributed by atoms with van der Waals surface area (Å²) in [4.78, 5) is 13.5. The molecule has 1 aromatic heterocycles. The lowest BCUT2D eigenvalue weighted by Crippen LogP contribution is -2.34. The number of hydrogen-bond acceptors (Lipinski definition) is 3. The van der Waals surface area contributed by atoms with Crippen LogP contribution >= 0.6 is 0 Å². The number of aromatic nitrogens is 1. The van der Waals surface area contributed by atoms with Crippen LogP contribution < -0.4 is 4.72 Å². The highest BCUT2D eigenvalue weighted by molar-refractivity contribution is 7.94. The Bertz CT molecular complexity index is 537. The Morgan fingerprint density at radius 1 is 1.41 bits per heavy atom. The number of carbonyl (C=O) groups is 1. The Morgan fingerprint density at radius 3 is 2.35 bits per heavy atom. The van der Waals surface area contributed by atoms with E-state index in [1.165, 1.54) is 26.8 Å². The van der Waals surface area contributed by atoms with Crippen molar-refractivity contribution in [3.05, 3.63) is 17.5 Å². The SMILES string of the molecule is Cc1cc(NS(=O)(=O)C(C)(C)C)c(C(=O)O)[nH]1. The second kappa shape index (κ2) is 4.06. The van der Waals surface area contributed by atoms with E-state index in [0.717, 1.165) is 0 Å². The van der Waals surface area contributed by atoms with E-state index in [4.69, 9.17) is 5.11 Å². The highest BCUT2D eigenvalue weighted by atomic mass is 32.2. The van der Waals surface area contributed by atoms with Gasteiger partial charge in [-0.05, 0) is 33.8 Å². The Kier molecular flexibility index (Phi) is 3.24. The van der Waals surface area contributed by atoms with Crippen LogP contribution in [0.5, 0.6) is 0 Å². The molecule has 17 heavy (non-hydrogen) atoms. The van der Waals surface area contributed by atoms with E-state index in [1.807, 2.05) is 0 Å². The van der Waals surface area contributed by atoms with Crippen LogP contribution in [0.2, 0.25) is 0 Å². The van der Waals surface area contributed by atoms with Gasteiger partial charge >= 0.3 is 5.97 Å². The van der Waals surface area contributed by atoms with Crippen molar-refractivity contribution >= 4 is 21.7 Å². The fraction of sp³-hybridized carbons (Fsp3) is 0.500. The van der Waals surface area contributed by atoms with Gasteiger partial charge in [-0.2, -0.15) is 0 Å². The zero-order chi connectivity index (χ0) is 13.4. The van der Waals surface area contributed by atoms with Crippen molar-refractivity contribution in [3.63, 3.8) is 0 Å². The number of carboxylic acid groups (broad SMARTS) is 1. The zero-order valence-electron chi connectivity index (χ0n) is 10.2. The minimum atomic E-state index is -3.63. The molecule has 0 aromatic carbocycles. The Labute approximate surface area is 100 Å². The van der Waals surface area contributed by atoms with E-state index in [0.29, 0.717) is 5.69 Å². The van der Waals surface area contributed by atoms with Crippen molar-refractivity contribution in [2.45, 2.75) is 32.4 Å². The molecule has 0 spiro atoms. The van der Waals surface area contributed by atoms with Gasteiger partial charge in [-0.3, -0.25) is 4.72 Å². The van der Waals surface area contributed by atoms with Crippen LogP contribution in [0.3, 0.4) is 0 Å². The lowest BCUT2D eigenvalue weighted by atomic mass is 10.3. The standard InChI is InChI=1S/C10H16N2O4S/c1-6-5-7(8(11-6)9(13)14)12-17(15,16)10(2,3)4/h5,11-12H,1-4H3,(H,13,14). The highest BCUT2D eigenvalue weighted by Gasteiger charge is 2.30. The maximum atomic E-state index is 11.9. The Balaban J connectivity index is 3.17. The number of carboxylic acids is 1. The quantitative estimate of drug-likeness (QED) is 0.768. The van der Waals surface area contributed by atoms with Crippen LogP contribution in [0.4, 0.5) is 5.69 Å². The Morgan fingerprint density at radius 2 is 1.94 bits per heavy atom. The van der Waals surface area contributed by atoms with Crippen molar-refractivity contribution in [3.8, 4) is 0 Å². The number of rotatable bonds is 3. The third-order valence-corrected chi connectivity index (χ3v) is 4.32. The Hall–Kier alpha value is -1.50. The molecule has 0 bridgehead atoms. The van der Waals surface area contributed by atoms with Crippen LogP contribution in [0.15, 0.2) is 6.07 Å². The average Bonchev–Trinajstić information content (AvgIpc) is 2.43. The predicted octanol–water partition coefficient (Wildman–Crippen LogP) is 1.56. The predicted molar refractivity (Wildman–Crippen MR) is 64.8 cm³/mol. The summed E-state index contributed by atoms with van der Waals surface area (Å²) in [5.74, 6) is -1.20. The molecule has 0 amide bonds. The maximum Gasteiger partial charge on any atom is 0.354 e. The van der Waals surface area contributed by atoms with Crippen molar-refractivity contribution in [1.29, 1.82) is 0 Å². The van der Waals surface area contributed by atoms with Crippen LogP contribution in [-0.4, -0.2) is 29.2 Å². The summed E-state index contributed by atoms with van der Waals surface area (Å²) in [6.45, 7) is 6.27. The maximum absolute atomic E-state index is 11.9. The highest BCUT2D eigenvalue weighted by Crippen LogP contribution is 2.23. The number of hydrogen-bond donors (Lipinski definition) is 3.